The Bertz CT molecular complexity index is 942. The van der Waals surface area contributed by atoms with Crippen LogP contribution in [0, 0.1) is 11.2 Å². The molecule has 2 aromatic carbocycles. The van der Waals surface area contributed by atoms with Gasteiger partial charge in [-0.05, 0) is 99.2 Å². The molecule has 3 aliphatic rings. The monoisotopic (exact) mass is 449 g/mol. The molecule has 1 spiro atoms. The Kier molecular flexibility index (Phi) is 6.53. The van der Waals surface area contributed by atoms with Gasteiger partial charge in [0.05, 0.1) is 6.10 Å². The van der Waals surface area contributed by atoms with Crippen molar-refractivity contribution in [3.8, 4) is 0 Å². The summed E-state index contributed by atoms with van der Waals surface area (Å²) in [6, 6.07) is 16.9. The number of aliphatic hydroxyl groups is 1. The summed E-state index contributed by atoms with van der Waals surface area (Å²) in [5.74, 6) is 0.290. The van der Waals surface area contributed by atoms with Crippen LogP contribution >= 0.6 is 0 Å². The van der Waals surface area contributed by atoms with Crippen molar-refractivity contribution in [2.75, 3.05) is 26.2 Å². The van der Waals surface area contributed by atoms with E-state index in [1.165, 1.54) is 17.7 Å². The quantitative estimate of drug-likeness (QED) is 0.729. The summed E-state index contributed by atoms with van der Waals surface area (Å²) in [4.78, 5) is 17.6. The highest BCUT2D eigenvalue weighted by Gasteiger charge is 2.46. The highest BCUT2D eigenvalue weighted by atomic mass is 18.2. The molecular formula is C28H35FN2O2. The Hall–Kier alpha value is -2.24. The van der Waals surface area contributed by atoms with Crippen LogP contribution in [0.25, 0.3) is 0 Å². The largest absolute Gasteiger partial charge is 0.391 e. The van der Waals surface area contributed by atoms with E-state index in [-0.39, 0.29) is 29.3 Å². The minimum Gasteiger partial charge on any atom is -0.391 e. The number of nitrogens with zero attached hydrogens (tertiary/aromatic N) is 2. The molecule has 33 heavy (non-hydrogen) atoms. The lowest BCUT2D eigenvalue weighted by Gasteiger charge is -2.52. The van der Waals surface area contributed by atoms with Crippen LogP contribution in [0.2, 0.25) is 0 Å². The SMILES string of the molecule is O=C(c1ccc([18F])cc1)N1CCC[C@]2(CC[C@@H](O)[C@H](N3CCC(c4ccccc4)CC3)C2)C1. The molecule has 1 N–H and O–H groups in total. The normalized spacial score (nSPS) is 29.3. The predicted octanol–water partition coefficient (Wildman–Crippen LogP) is 4.84. The Balaban J connectivity index is 1.24. The van der Waals surface area contributed by atoms with Gasteiger partial charge in [-0.15, -0.1) is 0 Å². The number of hydrogen-bond acceptors (Lipinski definition) is 3. The van der Waals surface area contributed by atoms with Gasteiger partial charge in [0.2, 0.25) is 0 Å². The van der Waals surface area contributed by atoms with Gasteiger partial charge in [0.1, 0.15) is 5.82 Å². The van der Waals surface area contributed by atoms with Gasteiger partial charge in [-0.1, -0.05) is 30.3 Å². The van der Waals surface area contributed by atoms with E-state index in [1.54, 1.807) is 12.1 Å². The summed E-state index contributed by atoms with van der Waals surface area (Å²) in [6.07, 6.45) is 6.82. The number of carbonyl (C=O) groups is 1. The van der Waals surface area contributed by atoms with Gasteiger partial charge in [0.25, 0.3) is 5.91 Å². The van der Waals surface area contributed by atoms with E-state index in [0.29, 0.717) is 11.5 Å². The van der Waals surface area contributed by atoms with E-state index in [4.69, 9.17) is 0 Å². The molecule has 3 fully saturated rings. The van der Waals surface area contributed by atoms with E-state index >= 15 is 0 Å². The van der Waals surface area contributed by atoms with E-state index in [2.05, 4.69) is 35.2 Å². The molecule has 2 aliphatic heterocycles. The van der Waals surface area contributed by atoms with Crippen LogP contribution in [0.3, 0.4) is 0 Å². The van der Waals surface area contributed by atoms with Crippen LogP contribution in [-0.2, 0) is 0 Å². The third-order valence-electron chi connectivity index (χ3n) is 8.37. The van der Waals surface area contributed by atoms with Gasteiger partial charge in [-0.3, -0.25) is 9.69 Å². The van der Waals surface area contributed by atoms with Gasteiger partial charge in [-0.2, -0.15) is 0 Å². The molecule has 3 atom stereocenters. The summed E-state index contributed by atoms with van der Waals surface area (Å²) in [6.45, 7) is 3.55. The van der Waals surface area contributed by atoms with Crippen molar-refractivity contribution in [1.29, 1.82) is 0 Å². The van der Waals surface area contributed by atoms with Crippen molar-refractivity contribution in [3.05, 3.63) is 71.5 Å². The first-order valence-corrected chi connectivity index (χ1v) is 12.5. The molecule has 0 unspecified atom stereocenters. The lowest BCUT2D eigenvalue weighted by Crippen LogP contribution is -2.56. The number of aliphatic hydroxyl groups excluding tert-OH is 1. The molecule has 4 nitrogen and oxygen atoms in total. The van der Waals surface area contributed by atoms with E-state index in [1.807, 2.05) is 4.90 Å². The molecule has 1 aliphatic carbocycles. The van der Waals surface area contributed by atoms with Gasteiger partial charge < -0.3 is 10.0 Å². The Morgan fingerprint density at radius 3 is 2.39 bits per heavy atom. The van der Waals surface area contributed by atoms with Crippen molar-refractivity contribution < 1.29 is 14.3 Å². The number of amides is 1. The Morgan fingerprint density at radius 2 is 1.67 bits per heavy atom. The number of benzene rings is 2. The minimum atomic E-state index is -0.318. The lowest BCUT2D eigenvalue weighted by molar-refractivity contribution is -0.0546. The number of halogens is 1. The summed E-state index contributed by atoms with van der Waals surface area (Å²) in [5, 5.41) is 10.9. The first-order valence-electron chi connectivity index (χ1n) is 12.5. The smallest absolute Gasteiger partial charge is 0.253 e. The zero-order valence-corrected chi connectivity index (χ0v) is 19.3. The molecule has 0 radical (unpaired) electrons. The third kappa shape index (κ3) is 4.85. The van der Waals surface area contributed by atoms with Crippen LogP contribution in [0.5, 0.6) is 0 Å². The molecule has 2 saturated heterocycles. The maximum Gasteiger partial charge on any atom is 0.253 e. The number of likely N-dealkylation sites (tertiary alicyclic amines) is 2. The third-order valence-corrected chi connectivity index (χ3v) is 8.37. The summed E-state index contributed by atoms with van der Waals surface area (Å²) in [7, 11) is 0. The van der Waals surface area contributed by atoms with E-state index in [9.17, 15) is 14.3 Å². The van der Waals surface area contributed by atoms with Gasteiger partial charge >= 0.3 is 0 Å². The number of hydrogen-bond donors (Lipinski definition) is 1. The average molecular weight is 450 g/mol. The summed E-state index contributed by atoms with van der Waals surface area (Å²) < 4.78 is 13.3. The Morgan fingerprint density at radius 1 is 0.939 bits per heavy atom. The van der Waals surface area contributed by atoms with Crippen molar-refractivity contribution >= 4 is 5.91 Å². The topological polar surface area (TPSA) is 43.8 Å². The van der Waals surface area contributed by atoms with Crippen molar-refractivity contribution in [1.82, 2.24) is 9.80 Å². The molecule has 0 aromatic heterocycles. The van der Waals surface area contributed by atoms with Crippen molar-refractivity contribution in [2.24, 2.45) is 5.41 Å². The molecule has 2 heterocycles. The van der Waals surface area contributed by atoms with Crippen LogP contribution in [0.4, 0.5) is 4.39 Å². The second kappa shape index (κ2) is 9.55. The fourth-order valence-corrected chi connectivity index (χ4v) is 6.52. The molecule has 0 bridgehead atoms. The second-order valence-corrected chi connectivity index (χ2v) is 10.4. The van der Waals surface area contributed by atoms with Crippen LogP contribution in [-0.4, -0.2) is 59.1 Å². The first kappa shape index (κ1) is 22.5. The maximum atomic E-state index is 13.3. The standard InChI is InChI=1S/C28H35FN2O2/c29-24-9-7-23(8-10-24)27(33)31-16-4-14-28(20-31)15-11-26(32)25(19-28)30-17-12-22(13-18-30)21-5-2-1-3-6-21/h1-3,5-10,22,25-26,32H,4,11-20H2/t25-,26-,28-/m1/s1/i29-1. The van der Waals surface area contributed by atoms with Crippen LogP contribution in [0.1, 0.15) is 66.8 Å². The zero-order chi connectivity index (χ0) is 22.8. The van der Waals surface area contributed by atoms with Gasteiger partial charge in [-0.25, -0.2) is 4.39 Å². The Labute approximate surface area is 196 Å². The molecule has 176 valence electrons. The predicted molar refractivity (Wildman–Crippen MR) is 128 cm³/mol. The summed E-state index contributed by atoms with van der Waals surface area (Å²) in [5.41, 5.74) is 2.07. The minimum absolute atomic E-state index is 0.000391. The number of carbonyl (C=O) groups excluding carboxylic acids is 1. The number of piperidine rings is 2. The van der Waals surface area contributed by atoms with Crippen molar-refractivity contribution in [2.45, 2.75) is 63.0 Å². The molecular weight excluding hydrogens is 414 g/mol. The van der Waals surface area contributed by atoms with Crippen molar-refractivity contribution in [3.63, 3.8) is 0 Å². The zero-order valence-electron chi connectivity index (χ0n) is 19.3. The van der Waals surface area contributed by atoms with E-state index in [0.717, 1.165) is 71.1 Å². The highest BCUT2D eigenvalue weighted by molar-refractivity contribution is 5.94. The van der Waals surface area contributed by atoms with Gasteiger partial charge in [0.15, 0.2) is 0 Å². The van der Waals surface area contributed by atoms with Gasteiger partial charge in [0, 0.05) is 24.7 Å². The summed E-state index contributed by atoms with van der Waals surface area (Å²) >= 11 is 0. The lowest BCUT2D eigenvalue weighted by atomic mass is 9.66. The number of rotatable bonds is 3. The average Bonchev–Trinajstić information content (AvgIpc) is 2.86. The molecule has 5 rings (SSSR count). The van der Waals surface area contributed by atoms with E-state index < -0.39 is 0 Å². The second-order valence-electron chi connectivity index (χ2n) is 10.4. The van der Waals surface area contributed by atoms with Crippen LogP contribution < -0.4 is 0 Å². The molecule has 1 saturated carbocycles. The fourth-order valence-electron chi connectivity index (χ4n) is 6.52. The fraction of sp³-hybridized carbons (Fsp3) is 0.536. The highest BCUT2D eigenvalue weighted by Crippen LogP contribution is 2.45. The molecule has 1 amide bonds. The first-order chi connectivity index (χ1) is 16.0. The molecule has 2 aromatic rings. The maximum absolute atomic E-state index is 13.3. The molecule has 5 heteroatoms. The van der Waals surface area contributed by atoms with Crippen LogP contribution in [0.15, 0.2) is 54.6 Å².